The molecule has 2 aromatic heterocycles. The molecule has 33 heavy (non-hydrogen) atoms. The van der Waals surface area contributed by atoms with Crippen molar-refractivity contribution in [2.45, 2.75) is 19.4 Å². The summed E-state index contributed by atoms with van der Waals surface area (Å²) in [5.74, 6) is 1.48. The molecule has 166 valence electrons. The summed E-state index contributed by atoms with van der Waals surface area (Å²) in [5, 5.41) is 9.11. The van der Waals surface area contributed by atoms with E-state index in [9.17, 15) is 4.79 Å². The fourth-order valence-electron chi connectivity index (χ4n) is 5.13. The minimum absolute atomic E-state index is 0.315. The van der Waals surface area contributed by atoms with Gasteiger partial charge in [0.05, 0.1) is 52.6 Å². The zero-order chi connectivity index (χ0) is 22.5. The smallest absolute Gasteiger partial charge is 0.154 e. The Balaban J connectivity index is 1.32. The molecule has 0 N–H and O–H groups in total. The number of aromatic nitrogens is 5. The first kappa shape index (κ1) is 20.1. The molecular weight excluding hydrogens is 438 g/mol. The first-order chi connectivity index (χ1) is 16.1. The summed E-state index contributed by atoms with van der Waals surface area (Å²) in [6.45, 7) is 4.74. The number of nitrogens with zero attached hydrogens (tertiary/aromatic N) is 7. The molecule has 0 unspecified atom stereocenters. The van der Waals surface area contributed by atoms with Crippen LogP contribution in [0.15, 0.2) is 48.9 Å². The fraction of sp³-hybridized carbons (Fsp3) is 0.292. The minimum atomic E-state index is 0.315. The van der Waals surface area contributed by atoms with Gasteiger partial charge in [-0.25, -0.2) is 4.98 Å². The van der Waals surface area contributed by atoms with Gasteiger partial charge in [-0.3, -0.25) is 9.78 Å². The van der Waals surface area contributed by atoms with Crippen LogP contribution in [0.2, 0.25) is 5.02 Å². The molecule has 0 aliphatic carbocycles. The van der Waals surface area contributed by atoms with E-state index >= 15 is 0 Å². The third-order valence-electron chi connectivity index (χ3n) is 6.80. The van der Waals surface area contributed by atoms with E-state index in [1.54, 1.807) is 12.4 Å². The summed E-state index contributed by atoms with van der Waals surface area (Å²) in [6, 6.07) is 9.82. The molecule has 0 saturated carbocycles. The van der Waals surface area contributed by atoms with Crippen LogP contribution in [0.5, 0.6) is 0 Å². The second-order valence-corrected chi connectivity index (χ2v) is 9.11. The van der Waals surface area contributed by atoms with Gasteiger partial charge in [0.25, 0.3) is 0 Å². The monoisotopic (exact) mass is 459 g/mol. The van der Waals surface area contributed by atoms with Crippen molar-refractivity contribution in [2.24, 2.45) is 5.92 Å². The van der Waals surface area contributed by atoms with Gasteiger partial charge in [-0.05, 0) is 43.2 Å². The Kier molecular flexibility index (Phi) is 4.76. The standard InChI is InChI=1S/C24H22ClN7O/c1-15-2-5-21(32-27-7-8-28-32)18(14-33)24(15)30-9-6-16-12-31(22(16)13-30)23-11-26-19-4-3-17(25)10-20(19)29-23/h2-5,7-8,10-11,14,16,22H,6,9,12-13H2,1H3/t16-,22-/m1/s1. The van der Waals surface area contributed by atoms with Crippen LogP contribution in [-0.4, -0.2) is 56.9 Å². The van der Waals surface area contributed by atoms with Crippen LogP contribution in [0.25, 0.3) is 16.7 Å². The molecule has 4 aromatic rings. The highest BCUT2D eigenvalue weighted by atomic mass is 35.5. The zero-order valence-electron chi connectivity index (χ0n) is 18.1. The van der Waals surface area contributed by atoms with Crippen molar-refractivity contribution < 1.29 is 4.79 Å². The topological polar surface area (TPSA) is 80.0 Å². The van der Waals surface area contributed by atoms with Gasteiger partial charge < -0.3 is 9.80 Å². The van der Waals surface area contributed by atoms with E-state index in [2.05, 4.69) is 25.0 Å². The zero-order valence-corrected chi connectivity index (χ0v) is 18.9. The van der Waals surface area contributed by atoms with Crippen LogP contribution < -0.4 is 9.80 Å². The molecule has 2 fully saturated rings. The Bertz CT molecular complexity index is 1360. The SMILES string of the molecule is Cc1ccc(-n2nccn2)c(C=O)c1N1CC[C@@H]2CN(c3cnc4ccc(Cl)cc4n3)[C@@H]2C1. The van der Waals surface area contributed by atoms with E-state index < -0.39 is 0 Å². The number of rotatable bonds is 4. The Morgan fingerprint density at radius 1 is 1.09 bits per heavy atom. The molecule has 6 rings (SSSR count). The van der Waals surface area contributed by atoms with Crippen molar-refractivity contribution in [1.82, 2.24) is 25.0 Å². The van der Waals surface area contributed by atoms with Gasteiger partial charge >= 0.3 is 0 Å². The predicted octanol–water partition coefficient (Wildman–Crippen LogP) is 3.70. The van der Waals surface area contributed by atoms with Gasteiger partial charge in [0.1, 0.15) is 5.82 Å². The van der Waals surface area contributed by atoms with Crippen LogP contribution in [-0.2, 0) is 0 Å². The van der Waals surface area contributed by atoms with Crippen LogP contribution in [0.4, 0.5) is 11.5 Å². The molecule has 0 spiro atoms. The van der Waals surface area contributed by atoms with Crippen molar-refractivity contribution in [3.63, 3.8) is 0 Å². The Labute approximate surface area is 195 Å². The second kappa shape index (κ2) is 7.81. The van der Waals surface area contributed by atoms with Gasteiger partial charge in [-0.1, -0.05) is 17.7 Å². The van der Waals surface area contributed by atoms with Crippen molar-refractivity contribution in [2.75, 3.05) is 29.4 Å². The molecule has 8 nitrogen and oxygen atoms in total. The van der Waals surface area contributed by atoms with Crippen LogP contribution in [0, 0.1) is 12.8 Å². The lowest BCUT2D eigenvalue weighted by atomic mass is 9.81. The van der Waals surface area contributed by atoms with Crippen molar-refractivity contribution in [3.8, 4) is 5.69 Å². The normalized spacial score (nSPS) is 19.9. The van der Waals surface area contributed by atoms with Crippen LogP contribution in [0.3, 0.4) is 0 Å². The number of halogens is 1. The third-order valence-corrected chi connectivity index (χ3v) is 7.04. The fourth-order valence-corrected chi connectivity index (χ4v) is 5.30. The molecule has 9 heteroatoms. The predicted molar refractivity (Wildman–Crippen MR) is 127 cm³/mol. The molecule has 2 atom stereocenters. The maximum Gasteiger partial charge on any atom is 0.154 e. The molecule has 2 saturated heterocycles. The van der Waals surface area contributed by atoms with Crippen molar-refractivity contribution >= 4 is 40.4 Å². The lowest BCUT2D eigenvalue weighted by molar-refractivity contribution is 0.112. The number of benzene rings is 2. The van der Waals surface area contributed by atoms with E-state index in [4.69, 9.17) is 16.6 Å². The molecule has 2 aromatic carbocycles. The van der Waals surface area contributed by atoms with Gasteiger partial charge in [0.15, 0.2) is 6.29 Å². The molecule has 0 radical (unpaired) electrons. The molecule has 0 amide bonds. The van der Waals surface area contributed by atoms with Gasteiger partial charge in [0.2, 0.25) is 0 Å². The van der Waals surface area contributed by atoms with E-state index in [0.717, 1.165) is 60.4 Å². The van der Waals surface area contributed by atoms with Crippen molar-refractivity contribution in [3.05, 3.63) is 65.1 Å². The number of aldehydes is 1. The number of hydrogen-bond donors (Lipinski definition) is 0. The number of hydrogen-bond acceptors (Lipinski definition) is 7. The molecule has 0 bridgehead atoms. The van der Waals surface area contributed by atoms with E-state index in [1.807, 2.05) is 43.5 Å². The van der Waals surface area contributed by atoms with E-state index in [1.165, 1.54) is 4.80 Å². The number of piperidine rings is 1. The number of carbonyl (C=O) groups is 1. The van der Waals surface area contributed by atoms with Crippen LogP contribution in [0.1, 0.15) is 22.3 Å². The highest BCUT2D eigenvalue weighted by molar-refractivity contribution is 6.31. The Morgan fingerprint density at radius 2 is 1.94 bits per heavy atom. The third kappa shape index (κ3) is 3.33. The molecule has 4 heterocycles. The van der Waals surface area contributed by atoms with Gasteiger partial charge in [0, 0.05) is 30.6 Å². The summed E-state index contributed by atoms with van der Waals surface area (Å²) >= 11 is 6.16. The molecular formula is C24H22ClN7O. The highest BCUT2D eigenvalue weighted by Gasteiger charge is 2.44. The molecule has 2 aliphatic heterocycles. The summed E-state index contributed by atoms with van der Waals surface area (Å²) in [4.78, 5) is 27.8. The maximum atomic E-state index is 12.2. The van der Waals surface area contributed by atoms with Gasteiger partial charge in [-0.2, -0.15) is 15.0 Å². The first-order valence-electron chi connectivity index (χ1n) is 11.0. The van der Waals surface area contributed by atoms with E-state index in [0.29, 0.717) is 28.2 Å². The highest BCUT2D eigenvalue weighted by Crippen LogP contribution is 2.39. The Morgan fingerprint density at radius 3 is 2.76 bits per heavy atom. The lowest BCUT2D eigenvalue weighted by Gasteiger charge is -2.54. The average molecular weight is 460 g/mol. The summed E-state index contributed by atoms with van der Waals surface area (Å²) in [5.41, 5.74) is 4.98. The average Bonchev–Trinajstić information content (AvgIpc) is 3.34. The maximum absolute atomic E-state index is 12.2. The summed E-state index contributed by atoms with van der Waals surface area (Å²) in [7, 11) is 0. The number of anilines is 2. The largest absolute Gasteiger partial charge is 0.369 e. The summed E-state index contributed by atoms with van der Waals surface area (Å²) in [6.07, 6.45) is 7.06. The first-order valence-corrected chi connectivity index (χ1v) is 11.4. The van der Waals surface area contributed by atoms with E-state index in [-0.39, 0.29) is 0 Å². The molecule has 2 aliphatic rings. The quantitative estimate of drug-likeness (QED) is 0.430. The van der Waals surface area contributed by atoms with Gasteiger partial charge in [-0.15, -0.1) is 0 Å². The summed E-state index contributed by atoms with van der Waals surface area (Å²) < 4.78 is 0. The minimum Gasteiger partial charge on any atom is -0.369 e. The second-order valence-electron chi connectivity index (χ2n) is 8.68. The lowest BCUT2D eigenvalue weighted by Crippen LogP contribution is -2.65. The number of fused-ring (bicyclic) bond motifs is 2. The van der Waals surface area contributed by atoms with Crippen molar-refractivity contribution in [1.29, 1.82) is 0 Å². The van der Waals surface area contributed by atoms with Crippen LogP contribution >= 0.6 is 11.6 Å². The Hall–Kier alpha value is -3.52. The number of aryl methyl sites for hydroxylation is 1. The number of carbonyl (C=O) groups excluding carboxylic acids is 1.